The Morgan fingerprint density at radius 1 is 1.07 bits per heavy atom. The van der Waals surface area contributed by atoms with E-state index >= 15 is 0 Å². The van der Waals surface area contributed by atoms with E-state index < -0.39 is 0 Å². The summed E-state index contributed by atoms with van der Waals surface area (Å²) in [6.45, 7) is 0.972. The molecule has 0 heterocycles. The fourth-order valence-electron chi connectivity index (χ4n) is 1.41. The van der Waals surface area contributed by atoms with E-state index in [0.717, 1.165) is 31.4 Å². The van der Waals surface area contributed by atoms with Crippen LogP contribution in [0, 0.1) is 0 Å². The number of hydrogen-bond acceptors (Lipinski definition) is 1. The molecule has 0 atom stereocenters. The molecular weight excluding hydrogens is 210 g/mol. The van der Waals surface area contributed by atoms with Crippen molar-refractivity contribution >= 4 is 5.78 Å². The van der Waals surface area contributed by atoms with Crippen molar-refractivity contribution in [2.75, 3.05) is 6.54 Å². The molecule has 0 aliphatic rings. The molecule has 1 rings (SSSR count). The minimum Gasteiger partial charge on any atom is -1.00 e. The zero-order valence-electron chi connectivity index (χ0n) is 8.92. The zero-order valence-corrected chi connectivity index (χ0v) is 9.67. The molecule has 0 spiro atoms. The van der Waals surface area contributed by atoms with Gasteiger partial charge in [-0.15, -0.1) is 0 Å². The Morgan fingerprint density at radius 2 is 1.73 bits per heavy atom. The van der Waals surface area contributed by atoms with Gasteiger partial charge in [-0.3, -0.25) is 4.79 Å². The molecule has 0 aromatic heterocycles. The molecule has 3 heteroatoms. The van der Waals surface area contributed by atoms with Gasteiger partial charge in [0, 0.05) is 12.0 Å². The number of quaternary nitrogens is 1. The molecule has 0 aliphatic heterocycles. The minimum atomic E-state index is 0. The molecule has 84 valence electrons. The lowest BCUT2D eigenvalue weighted by Gasteiger charge is -1.99. The third-order valence-electron chi connectivity index (χ3n) is 2.25. The number of hydrogen-bond donors (Lipinski definition) is 1. The maximum Gasteiger partial charge on any atom is 0.162 e. The first-order chi connectivity index (χ1) is 6.84. The normalized spacial score (nSPS) is 9.40. The van der Waals surface area contributed by atoms with Crippen molar-refractivity contribution in [3.05, 3.63) is 35.9 Å². The molecule has 0 radical (unpaired) electrons. The summed E-state index contributed by atoms with van der Waals surface area (Å²) in [6, 6.07) is 9.50. The van der Waals surface area contributed by atoms with E-state index in [1.807, 2.05) is 30.3 Å². The molecule has 0 saturated heterocycles. The van der Waals surface area contributed by atoms with Crippen molar-refractivity contribution in [2.45, 2.75) is 25.7 Å². The van der Waals surface area contributed by atoms with E-state index in [0.29, 0.717) is 6.42 Å². The Hall–Kier alpha value is -0.860. The fraction of sp³-hybridized carbons (Fsp3) is 0.417. The van der Waals surface area contributed by atoms with Crippen LogP contribution in [0.2, 0.25) is 0 Å². The van der Waals surface area contributed by atoms with Crippen LogP contribution in [0.3, 0.4) is 0 Å². The number of benzene rings is 1. The zero-order chi connectivity index (χ0) is 10.2. The van der Waals surface area contributed by atoms with Gasteiger partial charge in [-0.2, -0.15) is 0 Å². The quantitative estimate of drug-likeness (QED) is 0.476. The number of ketones is 1. The van der Waals surface area contributed by atoms with Crippen LogP contribution in [-0.4, -0.2) is 12.3 Å². The van der Waals surface area contributed by atoms with Gasteiger partial charge in [0.05, 0.1) is 6.54 Å². The third kappa shape index (κ3) is 5.55. The number of unbranched alkanes of at least 4 members (excludes halogenated alkanes) is 2. The van der Waals surface area contributed by atoms with E-state index in [4.69, 9.17) is 0 Å². The summed E-state index contributed by atoms with van der Waals surface area (Å²) in [5.41, 5.74) is 4.61. The highest BCUT2D eigenvalue weighted by molar-refractivity contribution is 5.95. The molecule has 0 amide bonds. The van der Waals surface area contributed by atoms with Crippen LogP contribution in [0.15, 0.2) is 30.3 Å². The van der Waals surface area contributed by atoms with E-state index in [1.165, 1.54) is 0 Å². The van der Waals surface area contributed by atoms with Crippen LogP contribution in [0.5, 0.6) is 0 Å². The van der Waals surface area contributed by atoms with Gasteiger partial charge in [-0.1, -0.05) is 30.3 Å². The smallest absolute Gasteiger partial charge is 0.162 e. The first-order valence-electron chi connectivity index (χ1n) is 5.22. The van der Waals surface area contributed by atoms with Crippen molar-refractivity contribution in [2.24, 2.45) is 0 Å². The lowest BCUT2D eigenvalue weighted by Crippen LogP contribution is -3.00. The van der Waals surface area contributed by atoms with Gasteiger partial charge < -0.3 is 18.1 Å². The van der Waals surface area contributed by atoms with E-state index in [9.17, 15) is 4.79 Å². The molecule has 2 nitrogen and oxygen atoms in total. The molecule has 0 bridgehead atoms. The van der Waals surface area contributed by atoms with Gasteiger partial charge in [0.25, 0.3) is 0 Å². The second-order valence-corrected chi connectivity index (χ2v) is 3.45. The minimum absolute atomic E-state index is 0. The van der Waals surface area contributed by atoms with E-state index in [2.05, 4.69) is 5.73 Å². The van der Waals surface area contributed by atoms with Gasteiger partial charge in [-0.25, -0.2) is 0 Å². The predicted molar refractivity (Wildman–Crippen MR) is 57.0 cm³/mol. The maximum atomic E-state index is 11.6. The number of carbonyl (C=O) groups is 1. The SMILES string of the molecule is [Cl-].[NH3+]CCCCCC(=O)c1ccccc1. The Balaban J connectivity index is 0.00000196. The monoisotopic (exact) mass is 227 g/mol. The summed E-state index contributed by atoms with van der Waals surface area (Å²) in [7, 11) is 0. The van der Waals surface area contributed by atoms with Gasteiger partial charge in [0.15, 0.2) is 5.78 Å². The molecular formula is C12H18ClNO. The number of rotatable bonds is 6. The lowest BCUT2D eigenvalue weighted by molar-refractivity contribution is -0.368. The highest BCUT2D eigenvalue weighted by Gasteiger charge is 2.03. The highest BCUT2D eigenvalue weighted by Crippen LogP contribution is 2.07. The summed E-state index contributed by atoms with van der Waals surface area (Å²) in [4.78, 5) is 11.6. The first-order valence-corrected chi connectivity index (χ1v) is 5.22. The van der Waals surface area contributed by atoms with Gasteiger partial charge in [0.1, 0.15) is 0 Å². The van der Waals surface area contributed by atoms with Crippen LogP contribution in [0.4, 0.5) is 0 Å². The molecule has 1 aromatic carbocycles. The largest absolute Gasteiger partial charge is 1.00 e. The predicted octanol–water partition coefficient (Wildman–Crippen LogP) is -1.32. The maximum absolute atomic E-state index is 11.6. The Bertz CT molecular complexity index is 274. The number of halogens is 1. The third-order valence-corrected chi connectivity index (χ3v) is 2.25. The topological polar surface area (TPSA) is 44.7 Å². The first kappa shape index (κ1) is 14.1. The van der Waals surface area contributed by atoms with Gasteiger partial charge >= 0.3 is 0 Å². The van der Waals surface area contributed by atoms with Crippen LogP contribution in [-0.2, 0) is 0 Å². The highest BCUT2D eigenvalue weighted by atomic mass is 35.5. The molecule has 0 unspecified atom stereocenters. The summed E-state index contributed by atoms with van der Waals surface area (Å²) in [5.74, 6) is 0.259. The van der Waals surface area contributed by atoms with Crippen LogP contribution in [0.25, 0.3) is 0 Å². The van der Waals surface area contributed by atoms with Crippen LogP contribution < -0.4 is 18.1 Å². The molecule has 1 aromatic rings. The fourth-order valence-corrected chi connectivity index (χ4v) is 1.41. The van der Waals surface area contributed by atoms with Crippen LogP contribution in [0.1, 0.15) is 36.0 Å². The summed E-state index contributed by atoms with van der Waals surface area (Å²) in [5, 5.41) is 0. The second kappa shape index (κ2) is 8.45. The Labute approximate surface area is 97.3 Å². The van der Waals surface area contributed by atoms with Gasteiger partial charge in [0.2, 0.25) is 0 Å². The van der Waals surface area contributed by atoms with Crippen LogP contribution >= 0.6 is 0 Å². The second-order valence-electron chi connectivity index (χ2n) is 3.45. The van der Waals surface area contributed by atoms with Crippen molar-refractivity contribution in [1.29, 1.82) is 0 Å². The van der Waals surface area contributed by atoms with Gasteiger partial charge in [-0.05, 0) is 19.3 Å². The molecule has 15 heavy (non-hydrogen) atoms. The number of carbonyl (C=O) groups excluding carboxylic acids is 1. The summed E-state index contributed by atoms with van der Waals surface area (Å²) < 4.78 is 0. The molecule has 0 aliphatic carbocycles. The molecule has 0 saturated carbocycles. The Kier molecular flexibility index (Phi) is 7.96. The average molecular weight is 228 g/mol. The van der Waals surface area contributed by atoms with Crippen molar-refractivity contribution in [1.82, 2.24) is 0 Å². The summed E-state index contributed by atoms with van der Waals surface area (Å²) >= 11 is 0. The van der Waals surface area contributed by atoms with E-state index in [-0.39, 0.29) is 18.2 Å². The lowest BCUT2D eigenvalue weighted by atomic mass is 10.1. The van der Waals surface area contributed by atoms with Crippen molar-refractivity contribution in [3.63, 3.8) is 0 Å². The average Bonchev–Trinajstić information content (AvgIpc) is 2.25. The molecule has 0 fully saturated rings. The molecule has 3 N–H and O–H groups in total. The van der Waals surface area contributed by atoms with Crippen molar-refractivity contribution in [3.8, 4) is 0 Å². The Morgan fingerprint density at radius 3 is 2.33 bits per heavy atom. The number of Topliss-reactive ketones (excluding diaryl/α,β-unsaturated/α-hetero) is 1. The standard InChI is InChI=1S/C12H17NO.ClH/c13-10-6-2-5-9-12(14)11-7-3-1-4-8-11;/h1,3-4,7-8H,2,5-6,9-10,13H2;1H. The summed E-state index contributed by atoms with van der Waals surface area (Å²) in [6.07, 6.45) is 3.90. The van der Waals surface area contributed by atoms with Crippen molar-refractivity contribution < 1.29 is 22.9 Å². The van der Waals surface area contributed by atoms with E-state index in [1.54, 1.807) is 0 Å².